The Balaban J connectivity index is 1.61. The molecule has 0 fully saturated rings. The lowest BCUT2D eigenvalue weighted by Gasteiger charge is -2.31. The Morgan fingerprint density at radius 3 is 3.00 bits per heavy atom. The quantitative estimate of drug-likeness (QED) is 0.850. The maximum absolute atomic E-state index is 13.0. The fraction of sp³-hybridized carbons (Fsp3) is 0.444. The SMILES string of the molecule is CCn1cc2c(n1)CN(C(=O)c1ccc3c(c1)OCO3)C[C@@H]2COC. The summed E-state index contributed by atoms with van der Waals surface area (Å²) >= 11 is 0. The van der Waals surface area contributed by atoms with E-state index in [2.05, 4.69) is 18.2 Å². The minimum atomic E-state index is -0.0314. The van der Waals surface area contributed by atoms with Crippen LogP contribution in [0.5, 0.6) is 11.5 Å². The molecule has 1 aromatic heterocycles. The van der Waals surface area contributed by atoms with Gasteiger partial charge in [-0.15, -0.1) is 0 Å². The highest BCUT2D eigenvalue weighted by Crippen LogP contribution is 2.34. The summed E-state index contributed by atoms with van der Waals surface area (Å²) < 4.78 is 18.0. The number of hydrogen-bond donors (Lipinski definition) is 0. The molecule has 0 N–H and O–H groups in total. The van der Waals surface area contributed by atoms with Crippen molar-refractivity contribution in [3.63, 3.8) is 0 Å². The van der Waals surface area contributed by atoms with E-state index in [9.17, 15) is 4.79 Å². The molecule has 2 aliphatic heterocycles. The van der Waals surface area contributed by atoms with Crippen LogP contribution in [-0.2, 0) is 17.8 Å². The smallest absolute Gasteiger partial charge is 0.254 e. The van der Waals surface area contributed by atoms with Gasteiger partial charge in [0.15, 0.2) is 11.5 Å². The number of hydrogen-bond acceptors (Lipinski definition) is 5. The van der Waals surface area contributed by atoms with Gasteiger partial charge in [0.05, 0.1) is 18.8 Å². The monoisotopic (exact) mass is 343 g/mol. The predicted octanol–water partition coefficient (Wildman–Crippen LogP) is 2.02. The molecule has 1 atom stereocenters. The first-order chi connectivity index (χ1) is 12.2. The number of methoxy groups -OCH3 is 1. The van der Waals surface area contributed by atoms with Crippen molar-refractivity contribution in [2.24, 2.45) is 0 Å². The molecule has 0 unspecified atom stereocenters. The molecule has 1 aromatic carbocycles. The van der Waals surface area contributed by atoms with E-state index in [0.717, 1.165) is 12.2 Å². The highest BCUT2D eigenvalue weighted by molar-refractivity contribution is 5.95. The number of carbonyl (C=O) groups is 1. The van der Waals surface area contributed by atoms with Crippen molar-refractivity contribution >= 4 is 5.91 Å². The second-order valence-corrected chi connectivity index (χ2v) is 6.29. The summed E-state index contributed by atoms with van der Waals surface area (Å²) in [6.07, 6.45) is 2.07. The van der Waals surface area contributed by atoms with Crippen molar-refractivity contribution in [2.45, 2.75) is 25.9 Å². The molecular weight excluding hydrogens is 322 g/mol. The summed E-state index contributed by atoms with van der Waals surface area (Å²) in [5.74, 6) is 1.40. The molecule has 4 rings (SSSR count). The first kappa shape index (κ1) is 16.0. The molecular formula is C18H21N3O4. The van der Waals surface area contributed by atoms with E-state index in [1.54, 1.807) is 25.3 Å². The first-order valence-electron chi connectivity index (χ1n) is 8.43. The number of amides is 1. The summed E-state index contributed by atoms with van der Waals surface area (Å²) in [5, 5.41) is 4.61. The fourth-order valence-electron chi connectivity index (χ4n) is 3.42. The van der Waals surface area contributed by atoms with E-state index in [1.165, 1.54) is 5.56 Å². The van der Waals surface area contributed by atoms with E-state index in [0.29, 0.717) is 36.8 Å². The topological polar surface area (TPSA) is 65.8 Å². The molecule has 0 aliphatic carbocycles. The highest BCUT2D eigenvalue weighted by Gasteiger charge is 2.31. The predicted molar refractivity (Wildman–Crippen MR) is 89.8 cm³/mol. The van der Waals surface area contributed by atoms with Crippen LogP contribution in [0.2, 0.25) is 0 Å². The van der Waals surface area contributed by atoms with Crippen LogP contribution in [0.1, 0.15) is 34.5 Å². The van der Waals surface area contributed by atoms with Gasteiger partial charge in [-0.25, -0.2) is 0 Å². The third kappa shape index (κ3) is 2.84. The Bertz CT molecular complexity index is 802. The Morgan fingerprint density at radius 2 is 2.20 bits per heavy atom. The fourth-order valence-corrected chi connectivity index (χ4v) is 3.42. The average Bonchev–Trinajstić information content (AvgIpc) is 3.26. The Labute approximate surface area is 146 Å². The Morgan fingerprint density at radius 1 is 1.36 bits per heavy atom. The molecule has 0 radical (unpaired) electrons. The summed E-state index contributed by atoms with van der Waals surface area (Å²) in [7, 11) is 1.68. The maximum Gasteiger partial charge on any atom is 0.254 e. The number of rotatable bonds is 4. The molecule has 132 valence electrons. The molecule has 7 nitrogen and oxygen atoms in total. The number of aromatic nitrogens is 2. The molecule has 3 heterocycles. The first-order valence-corrected chi connectivity index (χ1v) is 8.43. The molecule has 0 spiro atoms. The number of benzene rings is 1. The van der Waals surface area contributed by atoms with Crippen LogP contribution < -0.4 is 9.47 Å². The van der Waals surface area contributed by atoms with Crippen molar-refractivity contribution in [3.8, 4) is 11.5 Å². The van der Waals surface area contributed by atoms with E-state index in [4.69, 9.17) is 14.2 Å². The van der Waals surface area contributed by atoms with E-state index >= 15 is 0 Å². The lowest BCUT2D eigenvalue weighted by molar-refractivity contribution is 0.0677. The molecule has 25 heavy (non-hydrogen) atoms. The normalized spacial score (nSPS) is 18.3. The molecule has 2 aromatic rings. The summed E-state index contributed by atoms with van der Waals surface area (Å²) in [5.41, 5.74) is 2.72. The van der Waals surface area contributed by atoms with Gasteiger partial charge in [0.1, 0.15) is 0 Å². The number of aryl methyl sites for hydroxylation is 1. The lowest BCUT2D eigenvalue weighted by atomic mass is 9.95. The van der Waals surface area contributed by atoms with Crippen molar-refractivity contribution in [1.82, 2.24) is 14.7 Å². The van der Waals surface area contributed by atoms with Crippen LogP contribution >= 0.6 is 0 Å². The van der Waals surface area contributed by atoms with Gasteiger partial charge in [0.2, 0.25) is 6.79 Å². The van der Waals surface area contributed by atoms with Crippen molar-refractivity contribution in [3.05, 3.63) is 41.2 Å². The highest BCUT2D eigenvalue weighted by atomic mass is 16.7. The number of carbonyl (C=O) groups excluding carboxylic acids is 1. The van der Waals surface area contributed by atoms with E-state index in [-0.39, 0.29) is 18.6 Å². The van der Waals surface area contributed by atoms with Gasteiger partial charge in [0, 0.05) is 43.4 Å². The molecule has 0 saturated carbocycles. The van der Waals surface area contributed by atoms with Gasteiger partial charge in [-0.1, -0.05) is 0 Å². The summed E-state index contributed by atoms with van der Waals surface area (Å²) in [4.78, 5) is 14.8. The second kappa shape index (κ2) is 6.40. The van der Waals surface area contributed by atoms with Gasteiger partial charge in [0.25, 0.3) is 5.91 Å². The molecule has 2 aliphatic rings. The van der Waals surface area contributed by atoms with E-state index in [1.807, 2.05) is 9.58 Å². The van der Waals surface area contributed by atoms with Gasteiger partial charge in [-0.3, -0.25) is 9.48 Å². The molecule has 7 heteroatoms. The van der Waals surface area contributed by atoms with E-state index < -0.39 is 0 Å². The Hall–Kier alpha value is -2.54. The zero-order chi connectivity index (χ0) is 17.4. The molecule has 0 bridgehead atoms. The number of nitrogens with zero attached hydrogens (tertiary/aromatic N) is 3. The lowest BCUT2D eigenvalue weighted by Crippen LogP contribution is -2.39. The van der Waals surface area contributed by atoms with Gasteiger partial charge >= 0.3 is 0 Å². The summed E-state index contributed by atoms with van der Waals surface area (Å²) in [6.45, 7) is 4.75. The number of fused-ring (bicyclic) bond motifs is 2. The minimum absolute atomic E-state index is 0.0314. The third-order valence-corrected chi connectivity index (χ3v) is 4.69. The number of ether oxygens (including phenoxy) is 3. The second-order valence-electron chi connectivity index (χ2n) is 6.29. The van der Waals surface area contributed by atoms with Crippen LogP contribution in [0.15, 0.2) is 24.4 Å². The zero-order valence-electron chi connectivity index (χ0n) is 14.4. The average molecular weight is 343 g/mol. The largest absolute Gasteiger partial charge is 0.454 e. The van der Waals surface area contributed by atoms with Crippen molar-refractivity contribution in [2.75, 3.05) is 27.1 Å². The Kier molecular flexibility index (Phi) is 4.09. The third-order valence-electron chi connectivity index (χ3n) is 4.69. The summed E-state index contributed by atoms with van der Waals surface area (Å²) in [6, 6.07) is 5.31. The van der Waals surface area contributed by atoms with Crippen LogP contribution in [0.3, 0.4) is 0 Å². The van der Waals surface area contributed by atoms with Crippen LogP contribution in [0.4, 0.5) is 0 Å². The standard InChI is InChI=1S/C18H21N3O4/c1-3-21-8-14-13(10-23-2)7-20(9-15(14)19-21)18(22)12-4-5-16-17(6-12)25-11-24-16/h4-6,8,13H,3,7,9-11H2,1-2H3/t13-/m1/s1. The molecule has 1 amide bonds. The van der Waals surface area contributed by atoms with Gasteiger partial charge in [-0.2, -0.15) is 5.10 Å². The van der Waals surface area contributed by atoms with Crippen molar-refractivity contribution < 1.29 is 19.0 Å². The molecule has 0 saturated heterocycles. The van der Waals surface area contributed by atoms with Gasteiger partial charge < -0.3 is 19.1 Å². The maximum atomic E-state index is 13.0. The van der Waals surface area contributed by atoms with Crippen LogP contribution in [0, 0.1) is 0 Å². The van der Waals surface area contributed by atoms with Crippen molar-refractivity contribution in [1.29, 1.82) is 0 Å². The van der Waals surface area contributed by atoms with Gasteiger partial charge in [-0.05, 0) is 25.1 Å². The zero-order valence-corrected chi connectivity index (χ0v) is 14.4. The van der Waals surface area contributed by atoms with Crippen LogP contribution in [0.25, 0.3) is 0 Å². The van der Waals surface area contributed by atoms with Crippen LogP contribution in [-0.4, -0.2) is 47.6 Å². The minimum Gasteiger partial charge on any atom is -0.454 e.